The molecule has 0 aliphatic carbocycles. The van der Waals surface area contributed by atoms with Crippen LogP contribution in [0.2, 0.25) is 0 Å². The van der Waals surface area contributed by atoms with Crippen molar-refractivity contribution in [3.8, 4) is 11.5 Å². The second kappa shape index (κ2) is 6.73. The quantitative estimate of drug-likeness (QED) is 0.853. The third kappa shape index (κ3) is 3.36. The smallest absolute Gasteiger partial charge is 0.160 e. The molecule has 0 bridgehead atoms. The highest BCUT2D eigenvalue weighted by Gasteiger charge is 2.22. The Morgan fingerprint density at radius 2 is 2.16 bits per heavy atom. The molecule has 0 saturated carbocycles. The Morgan fingerprint density at radius 3 is 2.79 bits per heavy atom. The van der Waals surface area contributed by atoms with E-state index < -0.39 is 0 Å². The number of phenols is 1. The lowest BCUT2D eigenvalue weighted by atomic mass is 10.0. The van der Waals surface area contributed by atoms with Crippen molar-refractivity contribution < 1.29 is 14.2 Å². The number of nitrogens with zero attached hydrogens (tertiary/aromatic N) is 1. The van der Waals surface area contributed by atoms with E-state index in [9.17, 15) is 9.50 Å². The van der Waals surface area contributed by atoms with E-state index in [1.165, 1.54) is 7.11 Å². The number of benzene rings is 1. The van der Waals surface area contributed by atoms with Gasteiger partial charge in [-0.25, -0.2) is 0 Å². The highest BCUT2D eigenvalue weighted by molar-refractivity contribution is 5.42. The molecule has 19 heavy (non-hydrogen) atoms. The fourth-order valence-corrected chi connectivity index (χ4v) is 2.56. The third-order valence-corrected chi connectivity index (χ3v) is 3.56. The van der Waals surface area contributed by atoms with Gasteiger partial charge in [-0.15, -0.1) is 0 Å². The summed E-state index contributed by atoms with van der Waals surface area (Å²) in [5.41, 5.74) is 0.995. The number of aromatic hydroxyl groups is 1. The van der Waals surface area contributed by atoms with Gasteiger partial charge in [-0.3, -0.25) is 9.29 Å². The summed E-state index contributed by atoms with van der Waals surface area (Å²) in [6, 6.07) is 5.31. The molecule has 5 heteroatoms. The standard InChI is InChI=1S/C14H21FN2O2/c1-19-14-10-11(2-3-13(14)18)12(4-5-15)17-8-6-16-7-9-17/h2-3,10,12,16,18H,4-9H2,1H3/t12-/m0/s1. The van der Waals surface area contributed by atoms with E-state index in [1.54, 1.807) is 12.1 Å². The van der Waals surface area contributed by atoms with Crippen molar-refractivity contribution >= 4 is 0 Å². The average molecular weight is 268 g/mol. The molecule has 1 saturated heterocycles. The van der Waals surface area contributed by atoms with E-state index in [0.29, 0.717) is 12.2 Å². The molecule has 4 nitrogen and oxygen atoms in total. The van der Waals surface area contributed by atoms with Crippen LogP contribution >= 0.6 is 0 Å². The van der Waals surface area contributed by atoms with E-state index in [-0.39, 0.29) is 18.5 Å². The number of nitrogens with one attached hydrogen (secondary N) is 1. The average Bonchev–Trinajstić information content (AvgIpc) is 2.46. The summed E-state index contributed by atoms with van der Waals surface area (Å²) in [6.45, 7) is 3.33. The van der Waals surface area contributed by atoms with E-state index in [0.717, 1.165) is 31.7 Å². The lowest BCUT2D eigenvalue weighted by Gasteiger charge is -2.35. The molecule has 1 aliphatic rings. The maximum atomic E-state index is 12.8. The lowest BCUT2D eigenvalue weighted by Crippen LogP contribution is -2.45. The highest BCUT2D eigenvalue weighted by atomic mass is 19.1. The molecule has 106 valence electrons. The molecule has 1 heterocycles. The minimum Gasteiger partial charge on any atom is -0.504 e. The number of rotatable bonds is 5. The normalized spacial score (nSPS) is 18.2. The fraction of sp³-hybridized carbons (Fsp3) is 0.571. The van der Waals surface area contributed by atoms with E-state index in [4.69, 9.17) is 4.74 Å². The molecule has 1 atom stereocenters. The Morgan fingerprint density at radius 1 is 1.42 bits per heavy atom. The van der Waals surface area contributed by atoms with Gasteiger partial charge in [0.05, 0.1) is 13.8 Å². The Bertz CT molecular complexity index is 408. The van der Waals surface area contributed by atoms with Crippen LogP contribution in [0.15, 0.2) is 18.2 Å². The zero-order valence-electron chi connectivity index (χ0n) is 11.2. The molecule has 1 fully saturated rings. The van der Waals surface area contributed by atoms with Crippen molar-refractivity contribution in [3.05, 3.63) is 23.8 Å². The van der Waals surface area contributed by atoms with Crippen LogP contribution in [0.5, 0.6) is 11.5 Å². The molecule has 1 aromatic carbocycles. The van der Waals surface area contributed by atoms with Crippen molar-refractivity contribution in [1.29, 1.82) is 0 Å². The monoisotopic (exact) mass is 268 g/mol. The molecular weight excluding hydrogens is 247 g/mol. The first-order valence-electron chi connectivity index (χ1n) is 6.64. The van der Waals surface area contributed by atoms with Crippen molar-refractivity contribution in [3.63, 3.8) is 0 Å². The van der Waals surface area contributed by atoms with Gasteiger partial charge in [0.15, 0.2) is 11.5 Å². The molecule has 0 unspecified atom stereocenters. The molecule has 1 aromatic rings. The number of methoxy groups -OCH3 is 1. The predicted molar refractivity (Wildman–Crippen MR) is 72.4 cm³/mol. The van der Waals surface area contributed by atoms with Crippen LogP contribution in [0.1, 0.15) is 18.0 Å². The van der Waals surface area contributed by atoms with Gasteiger partial charge in [0.1, 0.15) is 0 Å². The first-order chi connectivity index (χ1) is 9.26. The van der Waals surface area contributed by atoms with Gasteiger partial charge in [0.2, 0.25) is 0 Å². The van der Waals surface area contributed by atoms with Crippen molar-refractivity contribution in [1.82, 2.24) is 10.2 Å². The number of phenolic OH excluding ortho intramolecular Hbond substituents is 1. The first kappa shape index (κ1) is 14.1. The number of hydrogen-bond donors (Lipinski definition) is 2. The van der Waals surface area contributed by atoms with Gasteiger partial charge in [-0.2, -0.15) is 0 Å². The number of halogens is 1. The molecule has 0 amide bonds. The van der Waals surface area contributed by atoms with E-state index in [1.807, 2.05) is 6.07 Å². The third-order valence-electron chi connectivity index (χ3n) is 3.56. The van der Waals surface area contributed by atoms with Crippen LogP contribution < -0.4 is 10.1 Å². The van der Waals surface area contributed by atoms with Crippen molar-refractivity contribution in [2.45, 2.75) is 12.5 Å². The molecule has 2 N–H and O–H groups in total. The molecule has 0 aromatic heterocycles. The molecule has 0 radical (unpaired) electrons. The van der Waals surface area contributed by atoms with Crippen molar-refractivity contribution in [2.24, 2.45) is 0 Å². The van der Waals surface area contributed by atoms with Crippen LogP contribution in [-0.4, -0.2) is 50.0 Å². The predicted octanol–water partition coefficient (Wildman–Crippen LogP) is 1.71. The van der Waals surface area contributed by atoms with Gasteiger partial charge < -0.3 is 15.2 Å². The summed E-state index contributed by atoms with van der Waals surface area (Å²) in [4.78, 5) is 2.28. The van der Waals surface area contributed by atoms with Crippen LogP contribution in [0.4, 0.5) is 4.39 Å². The fourth-order valence-electron chi connectivity index (χ4n) is 2.56. The van der Waals surface area contributed by atoms with Crippen LogP contribution in [0.25, 0.3) is 0 Å². The Balaban J connectivity index is 2.22. The number of ether oxygens (including phenoxy) is 1. The molecule has 1 aliphatic heterocycles. The summed E-state index contributed by atoms with van der Waals surface area (Å²) in [5, 5.41) is 12.9. The van der Waals surface area contributed by atoms with Gasteiger partial charge >= 0.3 is 0 Å². The Hall–Kier alpha value is -1.33. The van der Waals surface area contributed by atoms with Gasteiger partial charge in [-0.1, -0.05) is 6.07 Å². The molecular formula is C14H21FN2O2. The lowest BCUT2D eigenvalue weighted by molar-refractivity contribution is 0.157. The topological polar surface area (TPSA) is 44.7 Å². The van der Waals surface area contributed by atoms with Crippen molar-refractivity contribution in [2.75, 3.05) is 40.0 Å². The summed E-state index contributed by atoms with van der Waals surface area (Å²) < 4.78 is 17.9. The number of hydrogen-bond acceptors (Lipinski definition) is 4. The van der Waals surface area contributed by atoms with Crippen LogP contribution in [0.3, 0.4) is 0 Å². The summed E-state index contributed by atoms with van der Waals surface area (Å²) in [7, 11) is 1.52. The number of piperazine rings is 1. The minimum absolute atomic E-state index is 0.0431. The summed E-state index contributed by atoms with van der Waals surface area (Å²) in [6.07, 6.45) is 0.466. The molecule has 0 spiro atoms. The maximum Gasteiger partial charge on any atom is 0.160 e. The zero-order valence-corrected chi connectivity index (χ0v) is 11.2. The van der Waals surface area contributed by atoms with Crippen LogP contribution in [-0.2, 0) is 0 Å². The molecule has 2 rings (SSSR count). The van der Waals surface area contributed by atoms with Gasteiger partial charge in [0.25, 0.3) is 0 Å². The Kier molecular flexibility index (Phi) is 4.99. The maximum absolute atomic E-state index is 12.8. The van der Waals surface area contributed by atoms with Gasteiger partial charge in [-0.05, 0) is 24.1 Å². The van der Waals surface area contributed by atoms with E-state index in [2.05, 4.69) is 10.2 Å². The first-order valence-corrected chi connectivity index (χ1v) is 6.64. The van der Waals surface area contributed by atoms with Crippen LogP contribution in [0, 0.1) is 0 Å². The number of alkyl halides is 1. The summed E-state index contributed by atoms with van der Waals surface area (Å²) in [5.74, 6) is 0.557. The Labute approximate surface area is 113 Å². The van der Waals surface area contributed by atoms with E-state index >= 15 is 0 Å². The second-order valence-corrected chi connectivity index (χ2v) is 4.71. The minimum atomic E-state index is -0.349. The largest absolute Gasteiger partial charge is 0.504 e. The summed E-state index contributed by atoms with van der Waals surface area (Å²) >= 11 is 0. The van der Waals surface area contributed by atoms with Gasteiger partial charge in [0, 0.05) is 32.2 Å². The second-order valence-electron chi connectivity index (χ2n) is 4.71. The highest BCUT2D eigenvalue weighted by Crippen LogP contribution is 2.32. The zero-order chi connectivity index (χ0) is 13.7. The SMILES string of the molecule is COc1cc([C@H](CCF)N2CCNCC2)ccc1O.